The molecule has 9 heteroatoms. The molecule has 2 aromatic carbocycles. The first-order valence-electron chi connectivity index (χ1n) is 10.5. The Kier molecular flexibility index (Phi) is 7.35. The van der Waals surface area contributed by atoms with E-state index in [9.17, 15) is 14.7 Å². The van der Waals surface area contributed by atoms with E-state index >= 15 is 0 Å². The summed E-state index contributed by atoms with van der Waals surface area (Å²) < 4.78 is 10.0. The third-order valence-corrected chi connectivity index (χ3v) is 7.35. The van der Waals surface area contributed by atoms with Gasteiger partial charge in [-0.2, -0.15) is 0 Å². The van der Waals surface area contributed by atoms with Gasteiger partial charge in [0.25, 0.3) is 17.7 Å². The lowest BCUT2D eigenvalue weighted by atomic mass is 10.0. The zero-order valence-electron chi connectivity index (χ0n) is 19.5. The summed E-state index contributed by atoms with van der Waals surface area (Å²) in [5.74, 6) is -1.53. The third-order valence-electron chi connectivity index (χ3n) is 5.29. The molecular formula is C24H29N3O5Si. The van der Waals surface area contributed by atoms with Crippen molar-refractivity contribution >= 4 is 30.8 Å². The van der Waals surface area contributed by atoms with Crippen molar-refractivity contribution in [2.45, 2.75) is 32.3 Å². The summed E-state index contributed by atoms with van der Waals surface area (Å²) in [5, 5.41) is 17.0. The second kappa shape index (κ2) is 10.0. The predicted molar refractivity (Wildman–Crippen MR) is 128 cm³/mol. The summed E-state index contributed by atoms with van der Waals surface area (Å²) in [6.07, 6.45) is 0. The summed E-state index contributed by atoms with van der Waals surface area (Å²) in [6.45, 7) is 7.20. The summed E-state index contributed by atoms with van der Waals surface area (Å²) in [4.78, 5) is 27.6. The highest BCUT2D eigenvalue weighted by atomic mass is 28.3. The first-order chi connectivity index (χ1) is 15.6. The smallest absolute Gasteiger partial charge is 0.293 e. The quantitative estimate of drug-likeness (QED) is 0.491. The van der Waals surface area contributed by atoms with Gasteiger partial charge in [-0.25, -0.2) is 0 Å². The second-order valence-electron chi connectivity index (χ2n) is 8.86. The standard InChI is InChI=1S/C24H29N3O5Si/c1-27(24(30)20-14-21(28)26-32-20)22(17-8-6-16(7-9-17)15-31-2)23(29)25-18-10-12-19(13-11-18)33(3,4)5/h6-14,22H,15H2,1-5H3,(H,25,29)(H,26,28). The van der Waals surface area contributed by atoms with Gasteiger partial charge in [-0.15, -0.1) is 0 Å². The Bertz CT molecular complexity index is 1100. The third kappa shape index (κ3) is 5.88. The maximum absolute atomic E-state index is 13.4. The highest BCUT2D eigenvalue weighted by molar-refractivity contribution is 6.88. The molecule has 8 nitrogen and oxygen atoms in total. The number of aromatic nitrogens is 1. The zero-order valence-corrected chi connectivity index (χ0v) is 20.5. The Labute approximate surface area is 194 Å². The van der Waals surface area contributed by atoms with E-state index in [1.807, 2.05) is 36.4 Å². The van der Waals surface area contributed by atoms with E-state index in [2.05, 4.69) is 30.1 Å². The molecule has 1 heterocycles. The normalized spacial score (nSPS) is 12.3. The average molecular weight is 468 g/mol. The molecule has 2 amide bonds. The van der Waals surface area contributed by atoms with Crippen LogP contribution in [0.2, 0.25) is 19.6 Å². The number of aromatic hydroxyl groups is 1. The molecule has 1 atom stereocenters. The van der Waals surface area contributed by atoms with Gasteiger partial charge in [0, 0.05) is 19.8 Å². The Morgan fingerprint density at radius 3 is 2.27 bits per heavy atom. The SMILES string of the molecule is COCc1ccc(C(C(=O)Nc2ccc([Si](C)(C)C)cc2)N(C)C(=O)c2cc(O)no2)cc1. The Hall–Kier alpha value is -3.43. The number of carbonyl (C=O) groups is 2. The lowest BCUT2D eigenvalue weighted by molar-refractivity contribution is -0.120. The highest BCUT2D eigenvalue weighted by Crippen LogP contribution is 2.25. The molecule has 174 valence electrons. The maximum atomic E-state index is 13.4. The molecule has 3 rings (SSSR count). The Balaban J connectivity index is 1.90. The molecule has 33 heavy (non-hydrogen) atoms. The van der Waals surface area contributed by atoms with Crippen LogP contribution in [0.15, 0.2) is 59.1 Å². The number of rotatable bonds is 8. The highest BCUT2D eigenvalue weighted by Gasteiger charge is 2.31. The molecular weight excluding hydrogens is 438 g/mol. The number of hydrogen-bond acceptors (Lipinski definition) is 6. The monoisotopic (exact) mass is 467 g/mol. The summed E-state index contributed by atoms with van der Waals surface area (Å²) in [7, 11) is 1.65. The number of nitrogens with one attached hydrogen (secondary N) is 1. The summed E-state index contributed by atoms with van der Waals surface area (Å²) >= 11 is 0. The van der Waals surface area contributed by atoms with E-state index in [0.29, 0.717) is 17.9 Å². The number of amides is 2. The minimum atomic E-state index is -1.46. The molecule has 1 aromatic heterocycles. The molecule has 0 aliphatic rings. The van der Waals surface area contributed by atoms with Crippen molar-refractivity contribution in [2.75, 3.05) is 19.5 Å². The molecule has 1 unspecified atom stereocenters. The van der Waals surface area contributed by atoms with Crippen LogP contribution < -0.4 is 10.5 Å². The van der Waals surface area contributed by atoms with Gasteiger partial charge in [0.1, 0.15) is 6.04 Å². The maximum Gasteiger partial charge on any atom is 0.293 e. The Morgan fingerprint density at radius 2 is 1.76 bits per heavy atom. The number of ether oxygens (including phenoxy) is 1. The van der Waals surface area contributed by atoms with Crippen LogP contribution in [0.1, 0.15) is 27.7 Å². The molecule has 0 saturated carbocycles. The fourth-order valence-corrected chi connectivity index (χ4v) is 4.60. The number of benzene rings is 2. The van der Waals surface area contributed by atoms with Crippen molar-refractivity contribution in [3.05, 3.63) is 71.5 Å². The van der Waals surface area contributed by atoms with Crippen LogP contribution >= 0.6 is 0 Å². The molecule has 0 aliphatic heterocycles. The lowest BCUT2D eigenvalue weighted by Gasteiger charge is -2.27. The van der Waals surface area contributed by atoms with Crippen LogP contribution in [0.3, 0.4) is 0 Å². The number of nitrogens with zero attached hydrogens (tertiary/aromatic N) is 2. The summed E-state index contributed by atoms with van der Waals surface area (Å²) in [6, 6.07) is 15.2. The zero-order chi connectivity index (χ0) is 24.2. The van der Waals surface area contributed by atoms with Crippen LogP contribution in [0.4, 0.5) is 5.69 Å². The van der Waals surface area contributed by atoms with Crippen molar-refractivity contribution in [1.82, 2.24) is 10.1 Å². The van der Waals surface area contributed by atoms with Gasteiger partial charge in [0.05, 0.1) is 20.7 Å². The lowest BCUT2D eigenvalue weighted by Crippen LogP contribution is -2.39. The minimum Gasteiger partial charge on any atom is -0.491 e. The van der Waals surface area contributed by atoms with Gasteiger partial charge in [0.15, 0.2) is 0 Å². The Morgan fingerprint density at radius 1 is 1.12 bits per heavy atom. The van der Waals surface area contributed by atoms with E-state index < -0.39 is 25.9 Å². The molecule has 0 fully saturated rings. The van der Waals surface area contributed by atoms with Crippen LogP contribution in [0.25, 0.3) is 0 Å². The van der Waals surface area contributed by atoms with Gasteiger partial charge >= 0.3 is 0 Å². The van der Waals surface area contributed by atoms with Crippen molar-refractivity contribution in [2.24, 2.45) is 0 Å². The van der Waals surface area contributed by atoms with Crippen molar-refractivity contribution < 1.29 is 24.0 Å². The predicted octanol–water partition coefficient (Wildman–Crippen LogP) is 3.52. The van der Waals surface area contributed by atoms with E-state index in [1.54, 1.807) is 19.2 Å². The van der Waals surface area contributed by atoms with Crippen LogP contribution in [-0.4, -0.2) is 49.2 Å². The van der Waals surface area contributed by atoms with Gasteiger partial charge in [-0.3, -0.25) is 9.59 Å². The summed E-state index contributed by atoms with van der Waals surface area (Å²) in [5.41, 5.74) is 2.20. The molecule has 3 aromatic rings. The topological polar surface area (TPSA) is 105 Å². The largest absolute Gasteiger partial charge is 0.491 e. The molecule has 0 aliphatic carbocycles. The van der Waals surface area contributed by atoms with Gasteiger partial charge in [0.2, 0.25) is 5.76 Å². The number of likely N-dealkylation sites (N-methyl/N-ethyl adjacent to an activating group) is 1. The molecule has 2 N–H and O–H groups in total. The van der Waals surface area contributed by atoms with E-state index in [4.69, 9.17) is 9.26 Å². The number of carbonyl (C=O) groups excluding carboxylic acids is 2. The van der Waals surface area contributed by atoms with Crippen LogP contribution in [0, 0.1) is 0 Å². The molecule has 0 spiro atoms. The van der Waals surface area contributed by atoms with E-state index in [-0.39, 0.29) is 11.7 Å². The first kappa shape index (κ1) is 24.2. The minimum absolute atomic E-state index is 0.164. The fraction of sp³-hybridized carbons (Fsp3) is 0.292. The van der Waals surface area contributed by atoms with Crippen molar-refractivity contribution in [3.8, 4) is 5.88 Å². The van der Waals surface area contributed by atoms with Crippen LogP contribution in [0.5, 0.6) is 5.88 Å². The first-order valence-corrected chi connectivity index (χ1v) is 14.0. The van der Waals surface area contributed by atoms with Gasteiger partial charge < -0.3 is 24.6 Å². The van der Waals surface area contributed by atoms with Crippen molar-refractivity contribution in [1.29, 1.82) is 0 Å². The number of hydrogen-bond donors (Lipinski definition) is 2. The average Bonchev–Trinajstić information content (AvgIpc) is 3.20. The van der Waals surface area contributed by atoms with Gasteiger partial charge in [-0.1, -0.05) is 61.2 Å². The van der Waals surface area contributed by atoms with Crippen LogP contribution in [-0.2, 0) is 16.1 Å². The van der Waals surface area contributed by atoms with Crippen molar-refractivity contribution in [3.63, 3.8) is 0 Å². The molecule has 0 radical (unpaired) electrons. The molecule has 0 bridgehead atoms. The van der Waals surface area contributed by atoms with Gasteiger partial charge in [-0.05, 0) is 28.4 Å². The second-order valence-corrected chi connectivity index (χ2v) is 13.9. The van der Waals surface area contributed by atoms with E-state index in [1.165, 1.54) is 17.1 Å². The molecule has 0 saturated heterocycles. The number of anilines is 1. The van der Waals surface area contributed by atoms with E-state index in [0.717, 1.165) is 11.6 Å². The fourth-order valence-electron chi connectivity index (χ4n) is 3.44. The number of methoxy groups -OCH3 is 1.